The van der Waals surface area contributed by atoms with Gasteiger partial charge in [-0.15, -0.1) is 0 Å². The van der Waals surface area contributed by atoms with Crippen LogP contribution in [0.15, 0.2) is 48.0 Å². The largest absolute Gasteiger partial charge is 0.491 e. The van der Waals surface area contributed by atoms with Crippen molar-refractivity contribution < 1.29 is 19.4 Å². The number of nitrogens with two attached hydrogens (primary N) is 1. The van der Waals surface area contributed by atoms with E-state index in [9.17, 15) is 9.90 Å². The summed E-state index contributed by atoms with van der Waals surface area (Å²) in [5, 5.41) is 16.8. The van der Waals surface area contributed by atoms with E-state index >= 15 is 0 Å². The van der Waals surface area contributed by atoms with Gasteiger partial charge in [-0.2, -0.15) is 0 Å². The van der Waals surface area contributed by atoms with Gasteiger partial charge in [-0.1, -0.05) is 62.9 Å². The maximum absolute atomic E-state index is 12.0. The Morgan fingerprint density at radius 3 is 2.74 bits per heavy atom. The number of aryl methyl sites for hydroxylation is 1. The zero-order chi connectivity index (χ0) is 30.0. The molecule has 2 aromatic rings. The molecular formula is C34H45ClN2O4S. The van der Waals surface area contributed by atoms with E-state index in [1.165, 1.54) is 28.6 Å². The molecule has 0 amide bonds. The molecule has 0 saturated heterocycles. The van der Waals surface area contributed by atoms with E-state index in [0.29, 0.717) is 35.5 Å². The number of aromatic carboxylic acids is 1. The number of benzene rings is 2. The van der Waals surface area contributed by atoms with Crippen molar-refractivity contribution in [1.29, 1.82) is 0 Å². The summed E-state index contributed by atoms with van der Waals surface area (Å²) in [6.07, 6.45) is 7.84. The molecular weight excluding hydrogens is 568 g/mol. The summed E-state index contributed by atoms with van der Waals surface area (Å²) < 4.78 is 12.6. The first-order chi connectivity index (χ1) is 20.2. The number of halogens is 1. The molecule has 0 spiro atoms. The van der Waals surface area contributed by atoms with Crippen LogP contribution in [0.3, 0.4) is 0 Å². The zero-order valence-electron chi connectivity index (χ0n) is 25.2. The van der Waals surface area contributed by atoms with Gasteiger partial charge in [0.2, 0.25) is 0 Å². The second-order valence-corrected chi connectivity index (χ2v) is 14.1. The molecule has 0 bridgehead atoms. The van der Waals surface area contributed by atoms with Crippen molar-refractivity contribution in [3.8, 4) is 5.75 Å². The minimum absolute atomic E-state index is 0.118. The normalized spacial score (nSPS) is 26.6. The fourth-order valence-corrected chi connectivity index (χ4v) is 8.06. The molecule has 1 heterocycles. The van der Waals surface area contributed by atoms with E-state index in [-0.39, 0.29) is 17.6 Å². The Morgan fingerprint density at radius 1 is 1.29 bits per heavy atom. The van der Waals surface area contributed by atoms with Crippen molar-refractivity contribution in [2.75, 3.05) is 31.7 Å². The van der Waals surface area contributed by atoms with Gasteiger partial charge in [0.05, 0.1) is 24.0 Å². The topological polar surface area (TPSA) is 85.0 Å². The molecule has 3 aliphatic rings. The van der Waals surface area contributed by atoms with Crippen molar-refractivity contribution >= 4 is 35.2 Å². The lowest BCUT2D eigenvalue weighted by Gasteiger charge is -2.51. The van der Waals surface area contributed by atoms with Crippen LogP contribution in [0.1, 0.15) is 73.9 Å². The van der Waals surface area contributed by atoms with E-state index in [0.717, 1.165) is 61.7 Å². The van der Waals surface area contributed by atoms with Crippen LogP contribution in [0.4, 0.5) is 5.69 Å². The summed E-state index contributed by atoms with van der Waals surface area (Å²) in [6.45, 7) is 8.84. The number of rotatable bonds is 12. The van der Waals surface area contributed by atoms with E-state index in [1.54, 1.807) is 12.1 Å². The zero-order valence-corrected chi connectivity index (χ0v) is 26.8. The highest BCUT2D eigenvalue weighted by atomic mass is 35.5. The van der Waals surface area contributed by atoms with Crippen LogP contribution >= 0.6 is 23.5 Å². The molecule has 0 radical (unpaired) electrons. The number of ether oxygens (including phenoxy) is 2. The van der Waals surface area contributed by atoms with Gasteiger partial charge in [-0.05, 0) is 96.4 Å². The maximum atomic E-state index is 12.0. The van der Waals surface area contributed by atoms with Gasteiger partial charge < -0.3 is 19.5 Å². The van der Waals surface area contributed by atoms with Crippen molar-refractivity contribution in [3.63, 3.8) is 0 Å². The van der Waals surface area contributed by atoms with Gasteiger partial charge in [-0.3, -0.25) is 5.14 Å². The van der Waals surface area contributed by atoms with E-state index in [4.69, 9.17) is 26.2 Å². The number of carboxylic acid groups (broad SMARTS) is 1. The van der Waals surface area contributed by atoms with E-state index < -0.39 is 5.97 Å². The number of nitrogens with zero attached hydrogens (tertiary/aromatic N) is 1. The lowest BCUT2D eigenvalue weighted by molar-refractivity contribution is -0.0390. The average molecular weight is 613 g/mol. The summed E-state index contributed by atoms with van der Waals surface area (Å²) in [5.41, 5.74) is 5.10. The monoisotopic (exact) mass is 612 g/mol. The molecule has 8 heteroatoms. The predicted octanol–water partition coefficient (Wildman–Crippen LogP) is 7.59. The van der Waals surface area contributed by atoms with Crippen LogP contribution < -0.4 is 14.8 Å². The Bertz CT molecular complexity index is 1300. The molecule has 7 unspecified atom stereocenters. The fourth-order valence-electron chi connectivity index (χ4n) is 7.50. The molecule has 6 nitrogen and oxygen atoms in total. The summed E-state index contributed by atoms with van der Waals surface area (Å²) in [5.74, 6) is 1.96. The number of fused-ring (bicyclic) bond motifs is 1. The van der Waals surface area contributed by atoms with Gasteiger partial charge in [0.15, 0.2) is 0 Å². The molecule has 1 saturated carbocycles. The quantitative estimate of drug-likeness (QED) is 0.189. The lowest BCUT2D eigenvalue weighted by Crippen LogP contribution is -2.50. The molecule has 2 aromatic carbocycles. The molecule has 42 heavy (non-hydrogen) atoms. The summed E-state index contributed by atoms with van der Waals surface area (Å²) >= 11 is 7.85. The molecule has 7 atom stereocenters. The fraction of sp³-hybridized carbons (Fsp3) is 0.559. The maximum Gasteiger partial charge on any atom is 0.335 e. The summed E-state index contributed by atoms with van der Waals surface area (Å²) in [7, 11) is 1.85. The Kier molecular flexibility index (Phi) is 10.1. The highest BCUT2D eigenvalue weighted by Gasteiger charge is 2.47. The number of methoxy groups -OCH3 is 1. The first kappa shape index (κ1) is 31.2. The van der Waals surface area contributed by atoms with Crippen molar-refractivity contribution in [2.24, 2.45) is 28.8 Å². The van der Waals surface area contributed by atoms with Gasteiger partial charge >= 0.3 is 5.97 Å². The predicted molar refractivity (Wildman–Crippen MR) is 173 cm³/mol. The van der Waals surface area contributed by atoms with Crippen LogP contribution in [-0.2, 0) is 11.2 Å². The average Bonchev–Trinajstić information content (AvgIpc) is 3.12. The van der Waals surface area contributed by atoms with Crippen LogP contribution in [0.25, 0.3) is 0 Å². The minimum atomic E-state index is -0.926. The Morgan fingerprint density at radius 2 is 2.07 bits per heavy atom. The lowest BCUT2D eigenvalue weighted by atomic mass is 9.60. The molecule has 3 N–H and O–H groups in total. The minimum Gasteiger partial charge on any atom is -0.491 e. The molecule has 0 aromatic heterocycles. The number of carbonyl (C=O) groups is 1. The molecule has 5 rings (SSSR count). The van der Waals surface area contributed by atoms with Gasteiger partial charge in [0, 0.05) is 36.4 Å². The van der Waals surface area contributed by atoms with Crippen LogP contribution in [-0.4, -0.2) is 49.2 Å². The standard InChI is InChI=1S/C34H45ClN2O4S/c1-5-6-23-15-28(35)8-9-29(23)27-18-37(30-16-24(34(38)39)7-10-31(30)41-19-27)17-26-11-20(2)32(26)33(40-4)25-13-22(14-25)12-21(3)42-36/h7-10,13,15-16,20-22,26-27,32-33H,5-6,11-12,14,17-19,36H2,1-4H3,(H,38,39). The number of carboxylic acids is 1. The van der Waals surface area contributed by atoms with Crippen LogP contribution in [0.2, 0.25) is 5.02 Å². The summed E-state index contributed by atoms with van der Waals surface area (Å²) in [4.78, 5) is 14.3. The molecule has 2 aliphatic carbocycles. The van der Waals surface area contributed by atoms with Gasteiger partial charge in [-0.25, -0.2) is 4.79 Å². The molecule has 228 valence electrons. The van der Waals surface area contributed by atoms with Crippen molar-refractivity contribution in [3.05, 3.63) is 69.8 Å². The number of hydrogen-bond donors (Lipinski definition) is 2. The van der Waals surface area contributed by atoms with Crippen LogP contribution in [0, 0.1) is 23.7 Å². The third-order valence-electron chi connectivity index (χ3n) is 9.61. The van der Waals surface area contributed by atoms with Gasteiger partial charge in [0.1, 0.15) is 5.75 Å². The van der Waals surface area contributed by atoms with Crippen molar-refractivity contribution in [2.45, 2.75) is 70.1 Å². The first-order valence-corrected chi connectivity index (χ1v) is 16.7. The summed E-state index contributed by atoms with van der Waals surface area (Å²) in [6, 6.07) is 11.5. The second kappa shape index (κ2) is 13.6. The van der Waals surface area contributed by atoms with Gasteiger partial charge in [0.25, 0.3) is 0 Å². The Labute approximate surface area is 260 Å². The smallest absolute Gasteiger partial charge is 0.335 e. The second-order valence-electron chi connectivity index (χ2n) is 12.6. The Hall–Kier alpha value is -2.19. The number of anilines is 1. The molecule has 1 fully saturated rings. The van der Waals surface area contributed by atoms with Crippen molar-refractivity contribution in [1.82, 2.24) is 0 Å². The number of hydrogen-bond acceptors (Lipinski definition) is 6. The Balaban J connectivity index is 1.42. The third kappa shape index (κ3) is 6.64. The third-order valence-corrected chi connectivity index (χ3v) is 10.5. The molecule has 1 aliphatic heterocycles. The highest BCUT2D eigenvalue weighted by Crippen LogP contribution is 2.50. The number of allylic oxidation sites excluding steroid dienone is 1. The van der Waals surface area contributed by atoms with Crippen LogP contribution in [0.5, 0.6) is 5.75 Å². The van der Waals surface area contributed by atoms with E-state index in [2.05, 4.69) is 43.9 Å². The SMILES string of the molecule is CCCc1cc(Cl)ccc1C1COc2ccc(C(=O)O)cc2N(CC2CC(C)C2C(OC)C2=CC(CC(C)SN)C2)C1. The van der Waals surface area contributed by atoms with E-state index in [1.807, 2.05) is 19.2 Å². The highest BCUT2D eigenvalue weighted by molar-refractivity contribution is 7.97. The first-order valence-electron chi connectivity index (χ1n) is 15.3.